The van der Waals surface area contributed by atoms with E-state index >= 15 is 0 Å². The average molecular weight is 214 g/mol. The van der Waals surface area contributed by atoms with Crippen molar-refractivity contribution in [3.8, 4) is 11.5 Å². The quantitative estimate of drug-likeness (QED) is 0.587. The van der Waals surface area contributed by atoms with Crippen LogP contribution in [0.15, 0.2) is 18.2 Å². The summed E-state index contributed by atoms with van der Waals surface area (Å²) in [6.07, 6.45) is 0. The molecule has 0 aliphatic rings. The van der Waals surface area contributed by atoms with Crippen molar-refractivity contribution in [2.45, 2.75) is 0 Å². The Labute approximate surface area is 85.8 Å². The molecule has 1 N–H and O–H groups in total. The zero-order valence-corrected chi connectivity index (χ0v) is 8.22. The summed E-state index contributed by atoms with van der Waals surface area (Å²) in [5, 5.41) is 8.73. The molecule has 1 aromatic rings. The minimum atomic E-state index is -1.07. The SMILES string of the molecule is COOc1ccc(C(=O)O)cc1OOC. The summed E-state index contributed by atoms with van der Waals surface area (Å²) in [4.78, 5) is 28.9. The van der Waals surface area contributed by atoms with Crippen molar-refractivity contribution in [3.63, 3.8) is 0 Å². The molecule has 0 amide bonds. The molecule has 0 unspecified atom stereocenters. The maximum atomic E-state index is 10.7. The molecular formula is C9H10O6. The fraction of sp³-hybridized carbons (Fsp3) is 0.222. The minimum absolute atomic E-state index is 0.0607. The van der Waals surface area contributed by atoms with Crippen molar-refractivity contribution >= 4 is 5.97 Å². The van der Waals surface area contributed by atoms with Crippen molar-refractivity contribution < 1.29 is 29.5 Å². The second kappa shape index (κ2) is 5.18. The van der Waals surface area contributed by atoms with Gasteiger partial charge in [-0.25, -0.2) is 4.79 Å². The lowest BCUT2D eigenvalue weighted by molar-refractivity contribution is -0.201. The van der Waals surface area contributed by atoms with Gasteiger partial charge >= 0.3 is 5.97 Å². The standard InChI is InChI=1S/C9H10O6/c1-12-14-7-4-3-6(9(10)11)5-8(7)15-13-2/h3-5H,1-2H3,(H,10,11). The summed E-state index contributed by atoms with van der Waals surface area (Å²) in [6.45, 7) is 0. The Bertz CT molecular complexity index is 348. The van der Waals surface area contributed by atoms with Gasteiger partial charge in [-0.1, -0.05) is 0 Å². The Morgan fingerprint density at radius 3 is 2.27 bits per heavy atom. The Kier molecular flexibility index (Phi) is 3.90. The highest BCUT2D eigenvalue weighted by molar-refractivity contribution is 5.88. The molecule has 6 nitrogen and oxygen atoms in total. The fourth-order valence-electron chi connectivity index (χ4n) is 0.955. The van der Waals surface area contributed by atoms with Crippen LogP contribution in [0.25, 0.3) is 0 Å². The lowest BCUT2D eigenvalue weighted by Gasteiger charge is -2.07. The number of benzene rings is 1. The highest BCUT2D eigenvalue weighted by Crippen LogP contribution is 2.28. The second-order valence-electron chi connectivity index (χ2n) is 2.47. The molecule has 0 bridgehead atoms. The number of rotatable bonds is 5. The topological polar surface area (TPSA) is 74.2 Å². The van der Waals surface area contributed by atoms with Crippen LogP contribution in [0.3, 0.4) is 0 Å². The molecule has 15 heavy (non-hydrogen) atoms. The zero-order valence-electron chi connectivity index (χ0n) is 8.22. The van der Waals surface area contributed by atoms with Gasteiger partial charge in [0.05, 0.1) is 19.8 Å². The van der Waals surface area contributed by atoms with Gasteiger partial charge in [-0.2, -0.15) is 9.78 Å². The van der Waals surface area contributed by atoms with Crippen LogP contribution in [-0.2, 0) is 9.78 Å². The molecule has 0 saturated carbocycles. The lowest BCUT2D eigenvalue weighted by atomic mass is 10.2. The molecule has 0 atom stereocenters. The van der Waals surface area contributed by atoms with Crippen molar-refractivity contribution in [2.24, 2.45) is 0 Å². The predicted octanol–water partition coefficient (Wildman–Crippen LogP) is 1.27. The lowest BCUT2D eigenvalue weighted by Crippen LogP contribution is -2.01. The van der Waals surface area contributed by atoms with Crippen LogP contribution in [0.4, 0.5) is 0 Å². The van der Waals surface area contributed by atoms with E-state index in [-0.39, 0.29) is 17.1 Å². The average Bonchev–Trinajstić information content (AvgIpc) is 2.21. The van der Waals surface area contributed by atoms with E-state index in [1.165, 1.54) is 32.4 Å². The van der Waals surface area contributed by atoms with E-state index in [9.17, 15) is 4.79 Å². The molecule has 0 spiro atoms. The van der Waals surface area contributed by atoms with E-state index in [4.69, 9.17) is 14.9 Å². The van der Waals surface area contributed by atoms with Crippen molar-refractivity contribution in [3.05, 3.63) is 23.8 Å². The molecule has 0 aliphatic heterocycles. The molecule has 0 fully saturated rings. The second-order valence-corrected chi connectivity index (χ2v) is 2.47. The molecule has 0 saturated heterocycles. The Hall–Kier alpha value is -1.79. The van der Waals surface area contributed by atoms with E-state index < -0.39 is 5.97 Å². The monoisotopic (exact) mass is 214 g/mol. The highest BCUT2D eigenvalue weighted by Gasteiger charge is 2.12. The number of carboxylic acids is 1. The van der Waals surface area contributed by atoms with E-state index in [1.54, 1.807) is 0 Å². The summed E-state index contributed by atoms with van der Waals surface area (Å²) in [5.41, 5.74) is 0.0607. The van der Waals surface area contributed by atoms with Gasteiger partial charge in [0.1, 0.15) is 0 Å². The maximum absolute atomic E-state index is 10.7. The molecule has 1 aromatic carbocycles. The van der Waals surface area contributed by atoms with Crippen molar-refractivity contribution in [2.75, 3.05) is 14.2 Å². The largest absolute Gasteiger partial charge is 0.478 e. The Morgan fingerprint density at radius 1 is 1.13 bits per heavy atom. The first-order chi connectivity index (χ1) is 7.19. The number of hydrogen-bond acceptors (Lipinski definition) is 5. The van der Waals surface area contributed by atoms with Gasteiger partial charge in [0.25, 0.3) is 0 Å². The maximum Gasteiger partial charge on any atom is 0.335 e. The predicted molar refractivity (Wildman–Crippen MR) is 48.7 cm³/mol. The van der Waals surface area contributed by atoms with Gasteiger partial charge in [-0.05, 0) is 12.1 Å². The van der Waals surface area contributed by atoms with Crippen LogP contribution in [0.1, 0.15) is 10.4 Å². The van der Waals surface area contributed by atoms with Crippen LogP contribution in [0.5, 0.6) is 11.5 Å². The van der Waals surface area contributed by atoms with Crippen molar-refractivity contribution in [1.82, 2.24) is 0 Å². The molecule has 1 rings (SSSR count). The van der Waals surface area contributed by atoms with Crippen LogP contribution < -0.4 is 9.78 Å². The zero-order chi connectivity index (χ0) is 11.3. The third-order valence-corrected chi connectivity index (χ3v) is 1.54. The number of hydrogen-bond donors (Lipinski definition) is 1. The summed E-state index contributed by atoms with van der Waals surface area (Å²) >= 11 is 0. The van der Waals surface area contributed by atoms with Gasteiger partial charge in [0.2, 0.25) is 11.5 Å². The number of carbonyl (C=O) groups is 1. The van der Waals surface area contributed by atoms with Crippen LogP contribution >= 0.6 is 0 Å². The Balaban J connectivity index is 3.02. The molecule has 6 heteroatoms. The number of aromatic carboxylic acids is 1. The van der Waals surface area contributed by atoms with E-state index in [0.29, 0.717) is 0 Å². The van der Waals surface area contributed by atoms with Gasteiger partial charge < -0.3 is 14.9 Å². The fourth-order valence-corrected chi connectivity index (χ4v) is 0.955. The van der Waals surface area contributed by atoms with Crippen LogP contribution in [-0.4, -0.2) is 25.3 Å². The smallest absolute Gasteiger partial charge is 0.335 e. The first-order valence-electron chi connectivity index (χ1n) is 3.97. The third-order valence-electron chi connectivity index (χ3n) is 1.54. The van der Waals surface area contributed by atoms with Gasteiger partial charge in [-0.3, -0.25) is 0 Å². The van der Waals surface area contributed by atoms with E-state index in [0.717, 1.165) is 0 Å². The third kappa shape index (κ3) is 2.83. The minimum Gasteiger partial charge on any atom is -0.478 e. The van der Waals surface area contributed by atoms with Gasteiger partial charge in [-0.15, -0.1) is 0 Å². The van der Waals surface area contributed by atoms with Gasteiger partial charge in [0.15, 0.2) is 0 Å². The normalized spacial score (nSPS) is 9.73. The molecule has 82 valence electrons. The summed E-state index contributed by atoms with van der Waals surface area (Å²) < 4.78 is 0. The molecule has 0 aromatic heterocycles. The Morgan fingerprint density at radius 2 is 1.73 bits per heavy atom. The van der Waals surface area contributed by atoms with Crippen LogP contribution in [0.2, 0.25) is 0 Å². The molecule has 0 radical (unpaired) electrons. The molecule has 0 aliphatic carbocycles. The summed E-state index contributed by atoms with van der Waals surface area (Å²) in [6, 6.07) is 4.03. The summed E-state index contributed by atoms with van der Waals surface area (Å²) in [5.74, 6) is -0.719. The molecular weight excluding hydrogens is 204 g/mol. The first kappa shape index (κ1) is 11.3. The van der Waals surface area contributed by atoms with Crippen LogP contribution in [0, 0.1) is 0 Å². The van der Waals surface area contributed by atoms with Gasteiger partial charge in [0, 0.05) is 6.07 Å². The first-order valence-corrected chi connectivity index (χ1v) is 3.97. The van der Waals surface area contributed by atoms with E-state index in [1.807, 2.05) is 0 Å². The number of carboxylic acid groups (broad SMARTS) is 1. The highest BCUT2D eigenvalue weighted by atomic mass is 17.2. The summed E-state index contributed by atoms with van der Waals surface area (Å²) in [7, 11) is 2.62. The van der Waals surface area contributed by atoms with Crippen molar-refractivity contribution in [1.29, 1.82) is 0 Å². The van der Waals surface area contributed by atoms with E-state index in [2.05, 4.69) is 9.78 Å². The molecule has 0 heterocycles.